The number of aromatic nitrogens is 3. The van der Waals surface area contributed by atoms with Crippen molar-refractivity contribution in [3.8, 4) is 0 Å². The summed E-state index contributed by atoms with van der Waals surface area (Å²) in [6.45, 7) is 2.66. The second-order valence-corrected chi connectivity index (χ2v) is 4.34. The van der Waals surface area contributed by atoms with E-state index in [0.717, 1.165) is 0 Å². The zero-order valence-corrected chi connectivity index (χ0v) is 11.7. The number of anilines is 4. The summed E-state index contributed by atoms with van der Waals surface area (Å²) in [5, 5.41) is 6.01. The third kappa shape index (κ3) is 3.53. The minimum Gasteiger partial charge on any atom is -0.354 e. The molecule has 6 nitrogen and oxygen atoms in total. The second kappa shape index (κ2) is 6.14. The van der Waals surface area contributed by atoms with E-state index in [4.69, 9.17) is 0 Å². The molecule has 0 amide bonds. The monoisotopic (exact) mass is 276 g/mol. The van der Waals surface area contributed by atoms with Gasteiger partial charge in [-0.1, -0.05) is 6.07 Å². The fourth-order valence-electron chi connectivity index (χ4n) is 1.55. The van der Waals surface area contributed by atoms with E-state index in [1.807, 2.05) is 21.0 Å². The van der Waals surface area contributed by atoms with Crippen LogP contribution in [0.15, 0.2) is 24.3 Å². The molecule has 0 aliphatic heterocycles. The molecule has 7 heteroatoms. The zero-order chi connectivity index (χ0) is 14.5. The lowest BCUT2D eigenvalue weighted by molar-refractivity contribution is 0.628. The third-order valence-electron chi connectivity index (χ3n) is 2.44. The number of halogens is 1. The molecular weight excluding hydrogens is 259 g/mol. The Morgan fingerprint density at radius 3 is 2.55 bits per heavy atom. The van der Waals surface area contributed by atoms with Gasteiger partial charge in [0.2, 0.25) is 17.8 Å². The summed E-state index contributed by atoms with van der Waals surface area (Å²) in [6, 6.07) is 6.13. The van der Waals surface area contributed by atoms with Gasteiger partial charge in [0.1, 0.15) is 5.82 Å². The lowest BCUT2D eigenvalue weighted by Gasteiger charge is -2.13. The normalized spacial score (nSPS) is 10.2. The SMILES string of the molecule is CCNc1nc(Nc2cccc(F)c2)nc(N(C)C)n1. The summed E-state index contributed by atoms with van der Waals surface area (Å²) in [4.78, 5) is 14.5. The molecule has 0 fully saturated rings. The van der Waals surface area contributed by atoms with Crippen LogP contribution in [0, 0.1) is 5.82 Å². The Morgan fingerprint density at radius 1 is 1.15 bits per heavy atom. The highest BCUT2D eigenvalue weighted by Crippen LogP contribution is 2.17. The predicted octanol–water partition coefficient (Wildman–Crippen LogP) is 2.25. The molecule has 0 saturated carbocycles. The Labute approximate surface area is 117 Å². The molecule has 0 aliphatic carbocycles. The van der Waals surface area contributed by atoms with Crippen molar-refractivity contribution in [2.24, 2.45) is 0 Å². The maximum Gasteiger partial charge on any atom is 0.233 e. The van der Waals surface area contributed by atoms with Crippen molar-refractivity contribution in [1.29, 1.82) is 0 Å². The van der Waals surface area contributed by atoms with Crippen LogP contribution in [0.3, 0.4) is 0 Å². The van der Waals surface area contributed by atoms with Crippen molar-refractivity contribution < 1.29 is 4.39 Å². The maximum absolute atomic E-state index is 13.2. The first-order chi connectivity index (χ1) is 9.58. The third-order valence-corrected chi connectivity index (χ3v) is 2.44. The number of rotatable bonds is 5. The van der Waals surface area contributed by atoms with Gasteiger partial charge in [0.15, 0.2) is 0 Å². The molecular formula is C13H17FN6. The Kier molecular flexibility index (Phi) is 4.29. The van der Waals surface area contributed by atoms with E-state index in [9.17, 15) is 4.39 Å². The standard InChI is InChI=1S/C13H17FN6/c1-4-15-11-17-12(19-13(18-11)20(2)3)16-10-7-5-6-9(14)8-10/h5-8H,4H2,1-3H3,(H2,15,16,17,18,19). The van der Waals surface area contributed by atoms with Crippen LogP contribution < -0.4 is 15.5 Å². The highest BCUT2D eigenvalue weighted by Gasteiger charge is 2.08. The average Bonchev–Trinajstić information content (AvgIpc) is 2.38. The molecule has 1 heterocycles. The van der Waals surface area contributed by atoms with Crippen LogP contribution in [0.5, 0.6) is 0 Å². The van der Waals surface area contributed by atoms with Crippen molar-refractivity contribution >= 4 is 23.5 Å². The molecule has 0 saturated heterocycles. The minimum atomic E-state index is -0.316. The van der Waals surface area contributed by atoms with Crippen LogP contribution in [0.1, 0.15) is 6.92 Å². The molecule has 2 N–H and O–H groups in total. The fourth-order valence-corrected chi connectivity index (χ4v) is 1.55. The summed E-state index contributed by atoms with van der Waals surface area (Å²) in [7, 11) is 3.69. The van der Waals surface area contributed by atoms with Crippen LogP contribution in [0.2, 0.25) is 0 Å². The summed E-state index contributed by atoms with van der Waals surface area (Å²) in [5.74, 6) is 1.05. The van der Waals surface area contributed by atoms with Crippen molar-refractivity contribution in [3.63, 3.8) is 0 Å². The van der Waals surface area contributed by atoms with E-state index >= 15 is 0 Å². The molecule has 1 aromatic heterocycles. The molecule has 0 bridgehead atoms. The first-order valence-corrected chi connectivity index (χ1v) is 6.28. The number of hydrogen-bond acceptors (Lipinski definition) is 6. The molecule has 2 rings (SSSR count). The van der Waals surface area contributed by atoms with Gasteiger partial charge >= 0.3 is 0 Å². The van der Waals surface area contributed by atoms with E-state index in [-0.39, 0.29) is 5.82 Å². The molecule has 0 spiro atoms. The molecule has 1 aromatic carbocycles. The smallest absolute Gasteiger partial charge is 0.233 e. The molecule has 0 atom stereocenters. The lowest BCUT2D eigenvalue weighted by atomic mass is 10.3. The first-order valence-electron chi connectivity index (χ1n) is 6.28. The summed E-state index contributed by atoms with van der Waals surface area (Å²) in [6.07, 6.45) is 0. The van der Waals surface area contributed by atoms with Crippen LogP contribution in [-0.2, 0) is 0 Å². The summed E-state index contributed by atoms with van der Waals surface area (Å²) < 4.78 is 13.2. The molecule has 106 valence electrons. The van der Waals surface area contributed by atoms with Gasteiger partial charge in [-0.15, -0.1) is 0 Å². The number of hydrogen-bond donors (Lipinski definition) is 2. The zero-order valence-electron chi connectivity index (χ0n) is 11.7. The maximum atomic E-state index is 13.2. The summed E-state index contributed by atoms with van der Waals surface area (Å²) in [5.41, 5.74) is 0.586. The van der Waals surface area contributed by atoms with Crippen LogP contribution >= 0.6 is 0 Å². The quantitative estimate of drug-likeness (QED) is 0.873. The Balaban J connectivity index is 2.30. The van der Waals surface area contributed by atoms with E-state index in [1.165, 1.54) is 12.1 Å². The lowest BCUT2D eigenvalue weighted by Crippen LogP contribution is -2.16. The summed E-state index contributed by atoms with van der Waals surface area (Å²) >= 11 is 0. The molecule has 0 unspecified atom stereocenters. The highest BCUT2D eigenvalue weighted by molar-refractivity contribution is 5.55. The van der Waals surface area contributed by atoms with Crippen LogP contribution in [0.4, 0.5) is 27.9 Å². The van der Waals surface area contributed by atoms with Crippen LogP contribution in [-0.4, -0.2) is 35.6 Å². The molecule has 20 heavy (non-hydrogen) atoms. The van der Waals surface area contributed by atoms with E-state index < -0.39 is 0 Å². The minimum absolute atomic E-state index is 0.316. The average molecular weight is 276 g/mol. The van der Waals surface area contributed by atoms with E-state index in [0.29, 0.717) is 30.1 Å². The molecule has 0 radical (unpaired) electrons. The topological polar surface area (TPSA) is 66.0 Å². The van der Waals surface area contributed by atoms with Gasteiger partial charge in [-0.3, -0.25) is 0 Å². The van der Waals surface area contributed by atoms with Crippen molar-refractivity contribution in [3.05, 3.63) is 30.1 Å². The van der Waals surface area contributed by atoms with Gasteiger partial charge in [-0.05, 0) is 25.1 Å². The number of nitrogens with zero attached hydrogens (tertiary/aromatic N) is 4. The van der Waals surface area contributed by atoms with Crippen molar-refractivity contribution in [1.82, 2.24) is 15.0 Å². The van der Waals surface area contributed by atoms with E-state index in [2.05, 4.69) is 25.6 Å². The Hall–Kier alpha value is -2.44. The number of benzene rings is 1. The molecule has 2 aromatic rings. The van der Waals surface area contributed by atoms with Gasteiger partial charge in [-0.25, -0.2) is 4.39 Å². The van der Waals surface area contributed by atoms with Crippen molar-refractivity contribution in [2.45, 2.75) is 6.92 Å². The van der Waals surface area contributed by atoms with E-state index in [1.54, 1.807) is 17.0 Å². The first kappa shape index (κ1) is 14.0. The highest BCUT2D eigenvalue weighted by atomic mass is 19.1. The predicted molar refractivity (Wildman–Crippen MR) is 78.0 cm³/mol. The van der Waals surface area contributed by atoms with Gasteiger partial charge in [0, 0.05) is 26.3 Å². The van der Waals surface area contributed by atoms with Crippen LogP contribution in [0.25, 0.3) is 0 Å². The van der Waals surface area contributed by atoms with Gasteiger partial charge in [0.25, 0.3) is 0 Å². The largest absolute Gasteiger partial charge is 0.354 e. The van der Waals surface area contributed by atoms with Gasteiger partial charge < -0.3 is 15.5 Å². The Morgan fingerprint density at radius 2 is 1.90 bits per heavy atom. The number of nitrogens with one attached hydrogen (secondary N) is 2. The Bertz CT molecular complexity index is 587. The van der Waals surface area contributed by atoms with Gasteiger partial charge in [-0.2, -0.15) is 15.0 Å². The van der Waals surface area contributed by atoms with Gasteiger partial charge in [0.05, 0.1) is 0 Å². The second-order valence-electron chi connectivity index (χ2n) is 4.34. The van der Waals surface area contributed by atoms with Crippen molar-refractivity contribution in [2.75, 3.05) is 36.2 Å². The fraction of sp³-hybridized carbons (Fsp3) is 0.308. The molecule has 0 aliphatic rings.